The second-order valence-electron chi connectivity index (χ2n) is 5.77. The molecule has 0 rings (SSSR count). The molecule has 0 unspecified atom stereocenters. The summed E-state index contributed by atoms with van der Waals surface area (Å²) in [5.41, 5.74) is 0. The molecule has 96 valence electrons. The van der Waals surface area contributed by atoms with Crippen molar-refractivity contribution in [3.05, 3.63) is 12.7 Å². The molecular formula is C14H24O2Si. The van der Waals surface area contributed by atoms with E-state index in [9.17, 15) is 4.79 Å². The van der Waals surface area contributed by atoms with Crippen LogP contribution in [0.1, 0.15) is 33.6 Å². The topological polar surface area (TPSA) is 26.3 Å². The van der Waals surface area contributed by atoms with Crippen LogP contribution in [0.15, 0.2) is 12.7 Å². The SMILES string of the molecule is C#C[C@@H](CC(=O)CC=C)O[Si](C)(C)C(C)(C)C. The molecule has 0 aromatic carbocycles. The zero-order valence-corrected chi connectivity index (χ0v) is 12.7. The van der Waals surface area contributed by atoms with Crippen LogP contribution in [0.4, 0.5) is 0 Å². The minimum Gasteiger partial charge on any atom is -0.403 e. The first-order valence-corrected chi connectivity index (χ1v) is 8.81. The lowest BCUT2D eigenvalue weighted by molar-refractivity contribution is -0.119. The lowest BCUT2D eigenvalue weighted by Gasteiger charge is -2.37. The predicted octanol–water partition coefficient (Wildman–Crippen LogP) is 3.55. The van der Waals surface area contributed by atoms with Gasteiger partial charge in [-0.25, -0.2) is 0 Å². The highest BCUT2D eigenvalue weighted by atomic mass is 28.4. The van der Waals surface area contributed by atoms with Crippen LogP contribution < -0.4 is 0 Å². The smallest absolute Gasteiger partial charge is 0.193 e. The second-order valence-corrected chi connectivity index (χ2v) is 10.5. The van der Waals surface area contributed by atoms with Gasteiger partial charge >= 0.3 is 0 Å². The third-order valence-corrected chi connectivity index (χ3v) is 7.70. The van der Waals surface area contributed by atoms with Gasteiger partial charge in [0.15, 0.2) is 8.32 Å². The second kappa shape index (κ2) is 6.18. The first-order chi connectivity index (χ1) is 7.64. The van der Waals surface area contributed by atoms with Crippen molar-refractivity contribution in [2.24, 2.45) is 0 Å². The van der Waals surface area contributed by atoms with E-state index in [0.29, 0.717) is 6.42 Å². The Labute approximate surface area is 107 Å². The van der Waals surface area contributed by atoms with Gasteiger partial charge < -0.3 is 4.43 Å². The maximum atomic E-state index is 11.5. The number of carbonyl (C=O) groups is 1. The van der Waals surface area contributed by atoms with Crippen molar-refractivity contribution in [2.45, 2.75) is 57.8 Å². The Kier molecular flexibility index (Phi) is 5.87. The molecule has 0 aliphatic heterocycles. The quantitative estimate of drug-likeness (QED) is 0.410. The van der Waals surface area contributed by atoms with E-state index in [1.165, 1.54) is 0 Å². The van der Waals surface area contributed by atoms with Crippen molar-refractivity contribution in [3.8, 4) is 12.3 Å². The standard InChI is InChI=1S/C14H24O2Si/c1-8-10-12(15)11-13(9-2)16-17(6,7)14(3,4)5/h2,8,13H,1,10-11H2,3-7H3/t13-/m0/s1. The summed E-state index contributed by atoms with van der Waals surface area (Å²) < 4.78 is 6.02. The van der Waals surface area contributed by atoms with Gasteiger partial charge in [0.1, 0.15) is 11.9 Å². The van der Waals surface area contributed by atoms with Gasteiger partial charge in [-0.05, 0) is 18.1 Å². The van der Waals surface area contributed by atoms with Crippen molar-refractivity contribution in [1.82, 2.24) is 0 Å². The number of hydrogen-bond donors (Lipinski definition) is 0. The molecule has 0 bridgehead atoms. The minimum atomic E-state index is -1.90. The molecule has 0 aliphatic carbocycles. The fraction of sp³-hybridized carbons (Fsp3) is 0.643. The van der Waals surface area contributed by atoms with Crippen molar-refractivity contribution in [1.29, 1.82) is 0 Å². The number of rotatable bonds is 6. The molecule has 0 heterocycles. The van der Waals surface area contributed by atoms with Gasteiger partial charge in [0.05, 0.1) is 0 Å². The molecule has 0 amide bonds. The summed E-state index contributed by atoms with van der Waals surface area (Å²) in [6, 6.07) is 0. The van der Waals surface area contributed by atoms with E-state index in [1.807, 2.05) is 0 Å². The van der Waals surface area contributed by atoms with Gasteiger partial charge in [-0.1, -0.05) is 32.8 Å². The van der Waals surface area contributed by atoms with Crippen LogP contribution in [-0.2, 0) is 9.22 Å². The first-order valence-electron chi connectivity index (χ1n) is 5.90. The largest absolute Gasteiger partial charge is 0.403 e. The normalized spacial score (nSPS) is 13.9. The summed E-state index contributed by atoms with van der Waals surface area (Å²) in [5, 5.41) is 0.101. The molecule has 0 aromatic rings. The zero-order valence-electron chi connectivity index (χ0n) is 11.7. The molecule has 0 saturated heterocycles. The van der Waals surface area contributed by atoms with Crippen LogP contribution in [0, 0.1) is 12.3 Å². The summed E-state index contributed by atoms with van der Waals surface area (Å²) >= 11 is 0. The Morgan fingerprint density at radius 1 is 1.53 bits per heavy atom. The van der Waals surface area contributed by atoms with Crippen molar-refractivity contribution in [2.75, 3.05) is 0 Å². The van der Waals surface area contributed by atoms with Crippen molar-refractivity contribution < 1.29 is 9.22 Å². The van der Waals surface area contributed by atoms with Crippen LogP contribution in [0.25, 0.3) is 0 Å². The van der Waals surface area contributed by atoms with Crippen LogP contribution >= 0.6 is 0 Å². The predicted molar refractivity (Wildman–Crippen MR) is 75.3 cm³/mol. The van der Waals surface area contributed by atoms with Gasteiger partial charge in [0.25, 0.3) is 0 Å². The van der Waals surface area contributed by atoms with Gasteiger partial charge in [0, 0.05) is 12.8 Å². The highest BCUT2D eigenvalue weighted by molar-refractivity contribution is 6.74. The van der Waals surface area contributed by atoms with Crippen molar-refractivity contribution >= 4 is 14.1 Å². The van der Waals surface area contributed by atoms with E-state index >= 15 is 0 Å². The maximum absolute atomic E-state index is 11.5. The molecule has 17 heavy (non-hydrogen) atoms. The van der Waals surface area contributed by atoms with Crippen molar-refractivity contribution in [3.63, 3.8) is 0 Å². The average Bonchev–Trinajstić information content (AvgIpc) is 2.14. The zero-order chi connectivity index (χ0) is 13.7. The third-order valence-electron chi connectivity index (χ3n) is 3.21. The Morgan fingerprint density at radius 2 is 2.06 bits per heavy atom. The summed E-state index contributed by atoms with van der Waals surface area (Å²) in [4.78, 5) is 11.5. The molecule has 3 heteroatoms. The summed E-state index contributed by atoms with van der Waals surface area (Å²) in [5.74, 6) is 2.66. The Bertz CT molecular complexity index is 318. The fourth-order valence-corrected chi connectivity index (χ4v) is 2.33. The summed E-state index contributed by atoms with van der Waals surface area (Å²) in [7, 11) is -1.90. The number of terminal acetylenes is 1. The fourth-order valence-electron chi connectivity index (χ4n) is 1.12. The average molecular weight is 252 g/mol. The molecule has 2 nitrogen and oxygen atoms in total. The molecular weight excluding hydrogens is 228 g/mol. The third kappa shape index (κ3) is 5.34. The first kappa shape index (κ1) is 16.1. The number of hydrogen-bond acceptors (Lipinski definition) is 2. The monoisotopic (exact) mass is 252 g/mol. The molecule has 0 aliphatic rings. The van der Waals surface area contributed by atoms with E-state index in [-0.39, 0.29) is 17.2 Å². The lowest BCUT2D eigenvalue weighted by atomic mass is 10.1. The van der Waals surface area contributed by atoms with Gasteiger partial charge in [-0.2, -0.15) is 0 Å². The number of ketones is 1. The molecule has 0 saturated carbocycles. The maximum Gasteiger partial charge on any atom is 0.193 e. The van der Waals surface area contributed by atoms with Gasteiger partial charge in [-0.3, -0.25) is 4.79 Å². The molecule has 0 N–H and O–H groups in total. The molecule has 0 fully saturated rings. The van der Waals surface area contributed by atoms with E-state index in [0.717, 1.165) is 0 Å². The van der Waals surface area contributed by atoms with Gasteiger partial charge in [0.2, 0.25) is 0 Å². The Balaban J connectivity index is 4.57. The number of allylic oxidation sites excluding steroid dienone is 1. The van der Waals surface area contributed by atoms with E-state index in [1.54, 1.807) is 6.08 Å². The van der Waals surface area contributed by atoms with E-state index in [4.69, 9.17) is 10.8 Å². The highest BCUT2D eigenvalue weighted by Crippen LogP contribution is 2.37. The highest BCUT2D eigenvalue weighted by Gasteiger charge is 2.39. The lowest BCUT2D eigenvalue weighted by Crippen LogP contribution is -2.44. The molecule has 0 spiro atoms. The number of Topliss-reactive ketones (excluding diaryl/α,β-unsaturated/α-hetero) is 1. The van der Waals surface area contributed by atoms with E-state index in [2.05, 4.69) is 46.4 Å². The van der Waals surface area contributed by atoms with Crippen LogP contribution in [0.3, 0.4) is 0 Å². The van der Waals surface area contributed by atoms with Crippen LogP contribution in [0.2, 0.25) is 18.1 Å². The summed E-state index contributed by atoms with van der Waals surface area (Å²) in [6.07, 6.45) is 7.28. The number of carbonyl (C=O) groups excluding carboxylic acids is 1. The van der Waals surface area contributed by atoms with Crippen LogP contribution in [-0.4, -0.2) is 20.2 Å². The Hall–Kier alpha value is -0.853. The molecule has 1 atom stereocenters. The summed E-state index contributed by atoms with van der Waals surface area (Å²) in [6.45, 7) is 14.3. The molecule has 0 aromatic heterocycles. The van der Waals surface area contributed by atoms with E-state index < -0.39 is 14.4 Å². The van der Waals surface area contributed by atoms with Crippen LogP contribution in [0.5, 0.6) is 0 Å². The minimum absolute atomic E-state index is 0.0849. The van der Waals surface area contributed by atoms with Gasteiger partial charge in [-0.15, -0.1) is 13.0 Å². The molecule has 0 radical (unpaired) electrons. The Morgan fingerprint density at radius 3 is 2.41 bits per heavy atom.